The van der Waals surface area contributed by atoms with Crippen molar-refractivity contribution in [3.63, 3.8) is 0 Å². The van der Waals surface area contributed by atoms with E-state index in [4.69, 9.17) is 14.5 Å². The lowest BCUT2D eigenvalue weighted by atomic mass is 10.1. The molecule has 0 bridgehead atoms. The van der Waals surface area contributed by atoms with E-state index in [0.29, 0.717) is 25.7 Å². The molecule has 1 aliphatic heterocycles. The van der Waals surface area contributed by atoms with E-state index in [-0.39, 0.29) is 0 Å². The molecule has 1 aliphatic rings. The van der Waals surface area contributed by atoms with Gasteiger partial charge in [-0.1, -0.05) is 18.2 Å². The highest BCUT2D eigenvalue weighted by Crippen LogP contribution is 2.32. The van der Waals surface area contributed by atoms with Crippen LogP contribution in [0.1, 0.15) is 12.0 Å². The van der Waals surface area contributed by atoms with E-state index in [0.717, 1.165) is 45.9 Å². The second kappa shape index (κ2) is 8.90. The fourth-order valence-corrected chi connectivity index (χ4v) is 3.34. The number of fused-ring (bicyclic) bond motifs is 2. The molecule has 4 rings (SSSR count). The first-order chi connectivity index (χ1) is 14.6. The van der Waals surface area contributed by atoms with E-state index < -0.39 is 0 Å². The molecule has 0 fully saturated rings. The van der Waals surface area contributed by atoms with Gasteiger partial charge in [-0.3, -0.25) is 4.99 Å². The van der Waals surface area contributed by atoms with E-state index >= 15 is 0 Å². The third-order valence-corrected chi connectivity index (χ3v) is 4.93. The van der Waals surface area contributed by atoms with Crippen LogP contribution in [0.5, 0.6) is 11.5 Å². The van der Waals surface area contributed by atoms with Crippen LogP contribution >= 0.6 is 0 Å². The quantitative estimate of drug-likeness (QED) is 0.510. The van der Waals surface area contributed by atoms with Crippen molar-refractivity contribution in [2.24, 2.45) is 4.99 Å². The van der Waals surface area contributed by atoms with E-state index in [1.165, 1.54) is 0 Å². The third kappa shape index (κ3) is 4.40. The molecule has 0 saturated carbocycles. The van der Waals surface area contributed by atoms with Gasteiger partial charge >= 0.3 is 0 Å². The molecule has 0 radical (unpaired) electrons. The summed E-state index contributed by atoms with van der Waals surface area (Å²) in [4.78, 5) is 11.1. The van der Waals surface area contributed by atoms with Crippen molar-refractivity contribution >= 4 is 28.4 Å². The smallest absolute Gasteiger partial charge is 0.195 e. The van der Waals surface area contributed by atoms with Crippen LogP contribution in [0.25, 0.3) is 10.9 Å². The van der Waals surface area contributed by atoms with Crippen LogP contribution in [0.2, 0.25) is 0 Å². The lowest BCUT2D eigenvalue weighted by Crippen LogP contribution is -2.30. The fraction of sp³-hybridized carbons (Fsp3) is 0.304. The first-order valence-electron chi connectivity index (χ1n) is 10.1. The highest BCUT2D eigenvalue weighted by atomic mass is 16.5. The lowest BCUT2D eigenvalue weighted by Gasteiger charge is -2.17. The molecular formula is C23H27N5O2. The minimum atomic E-state index is 0.619. The Bertz CT molecular complexity index is 1060. The molecule has 0 saturated heterocycles. The molecule has 0 unspecified atom stereocenters. The summed E-state index contributed by atoms with van der Waals surface area (Å²) in [6, 6.07) is 16.1. The molecule has 30 heavy (non-hydrogen) atoms. The number of rotatable bonds is 4. The number of hydrogen-bond donors (Lipinski definition) is 2. The average Bonchev–Trinajstić information content (AvgIpc) is 3.01. The van der Waals surface area contributed by atoms with Gasteiger partial charge in [0.1, 0.15) is 5.82 Å². The number of aliphatic imine (C=N–C) groups is 1. The van der Waals surface area contributed by atoms with Gasteiger partial charge in [-0.05, 0) is 29.8 Å². The number of nitrogens with one attached hydrogen (secondary N) is 2. The third-order valence-electron chi connectivity index (χ3n) is 4.93. The van der Waals surface area contributed by atoms with E-state index in [1.54, 1.807) is 7.05 Å². The summed E-state index contributed by atoms with van der Waals surface area (Å²) >= 11 is 0. The molecule has 3 aromatic rings. The first-order valence-corrected chi connectivity index (χ1v) is 10.1. The Morgan fingerprint density at radius 3 is 2.67 bits per heavy atom. The SMILES string of the molecule is CN=C(NCc1cc(N(C)C)nc2ccccc12)Nc1ccc2c(c1)OCCCO2. The van der Waals surface area contributed by atoms with Crippen LogP contribution in [0.4, 0.5) is 11.5 Å². The second-order valence-corrected chi connectivity index (χ2v) is 7.31. The molecule has 1 aromatic heterocycles. The Kier molecular flexibility index (Phi) is 5.88. The van der Waals surface area contributed by atoms with Gasteiger partial charge in [-0.25, -0.2) is 4.98 Å². The minimum absolute atomic E-state index is 0.619. The van der Waals surface area contributed by atoms with Crippen molar-refractivity contribution in [2.45, 2.75) is 13.0 Å². The fourth-order valence-electron chi connectivity index (χ4n) is 3.34. The zero-order chi connectivity index (χ0) is 20.9. The topological polar surface area (TPSA) is 71.0 Å². The van der Waals surface area contributed by atoms with Crippen LogP contribution < -0.4 is 25.0 Å². The van der Waals surface area contributed by atoms with Gasteiger partial charge in [0.05, 0.1) is 18.7 Å². The van der Waals surface area contributed by atoms with Gasteiger partial charge in [-0.15, -0.1) is 0 Å². The van der Waals surface area contributed by atoms with Crippen molar-refractivity contribution in [3.8, 4) is 11.5 Å². The number of guanidine groups is 1. The molecule has 0 atom stereocenters. The Morgan fingerprint density at radius 1 is 1.07 bits per heavy atom. The van der Waals surface area contributed by atoms with Gasteiger partial charge in [0.15, 0.2) is 17.5 Å². The zero-order valence-electron chi connectivity index (χ0n) is 17.6. The van der Waals surface area contributed by atoms with Crippen LogP contribution in [0, 0.1) is 0 Å². The Balaban J connectivity index is 1.51. The van der Waals surface area contributed by atoms with Crippen LogP contribution in [-0.4, -0.2) is 45.3 Å². The molecule has 7 nitrogen and oxygen atoms in total. The summed E-state index contributed by atoms with van der Waals surface area (Å²) in [5.74, 6) is 3.14. The number of pyridine rings is 1. The van der Waals surface area contributed by atoms with Crippen molar-refractivity contribution < 1.29 is 9.47 Å². The number of benzene rings is 2. The Hall–Kier alpha value is -3.48. The van der Waals surface area contributed by atoms with Gasteiger partial charge in [0.2, 0.25) is 0 Å². The highest BCUT2D eigenvalue weighted by molar-refractivity contribution is 5.94. The van der Waals surface area contributed by atoms with Crippen LogP contribution in [0.3, 0.4) is 0 Å². The lowest BCUT2D eigenvalue weighted by molar-refractivity contribution is 0.297. The van der Waals surface area contributed by atoms with Gasteiger partial charge in [0.25, 0.3) is 0 Å². The van der Waals surface area contributed by atoms with Crippen molar-refractivity contribution in [2.75, 3.05) is 44.6 Å². The largest absolute Gasteiger partial charge is 0.490 e. The maximum atomic E-state index is 5.78. The van der Waals surface area contributed by atoms with Gasteiger partial charge in [0, 0.05) is 51.2 Å². The molecule has 0 aliphatic carbocycles. The standard InChI is InChI=1S/C23H27N5O2/c1-24-23(26-17-9-10-20-21(14-17)30-12-6-11-29-20)25-15-16-13-22(28(2)3)27-19-8-5-4-7-18(16)19/h4-5,7-10,13-14H,6,11-12,15H2,1-3H3,(H2,24,25,26). The molecule has 156 valence electrons. The molecular weight excluding hydrogens is 378 g/mol. The van der Waals surface area contributed by atoms with Gasteiger partial charge in [-0.2, -0.15) is 0 Å². The number of ether oxygens (including phenoxy) is 2. The Morgan fingerprint density at radius 2 is 1.87 bits per heavy atom. The summed E-state index contributed by atoms with van der Waals surface area (Å²) in [6.45, 7) is 1.96. The van der Waals surface area contributed by atoms with E-state index in [9.17, 15) is 0 Å². The molecule has 2 heterocycles. The molecule has 2 aromatic carbocycles. The summed E-state index contributed by atoms with van der Waals surface area (Å²) in [7, 11) is 5.76. The predicted molar refractivity (Wildman–Crippen MR) is 122 cm³/mol. The normalized spacial score (nSPS) is 13.6. The van der Waals surface area contributed by atoms with E-state index in [2.05, 4.69) is 27.8 Å². The first kappa shape index (κ1) is 19.8. The number of aromatic nitrogens is 1. The molecule has 2 N–H and O–H groups in total. The van der Waals surface area contributed by atoms with Gasteiger partial charge < -0.3 is 25.0 Å². The second-order valence-electron chi connectivity index (χ2n) is 7.31. The summed E-state index contributed by atoms with van der Waals surface area (Å²) in [5.41, 5.74) is 3.03. The summed E-state index contributed by atoms with van der Waals surface area (Å²) in [5, 5.41) is 7.86. The van der Waals surface area contributed by atoms with E-state index in [1.807, 2.05) is 55.4 Å². The molecule has 7 heteroatoms. The maximum absolute atomic E-state index is 5.78. The Labute approximate surface area is 176 Å². The van der Waals surface area contributed by atoms with Crippen molar-refractivity contribution in [3.05, 3.63) is 54.1 Å². The zero-order valence-corrected chi connectivity index (χ0v) is 17.6. The minimum Gasteiger partial charge on any atom is -0.490 e. The average molecular weight is 406 g/mol. The monoisotopic (exact) mass is 405 g/mol. The highest BCUT2D eigenvalue weighted by Gasteiger charge is 2.12. The summed E-state index contributed by atoms with van der Waals surface area (Å²) < 4.78 is 11.5. The summed E-state index contributed by atoms with van der Waals surface area (Å²) in [6.07, 6.45) is 0.884. The van der Waals surface area contributed by atoms with Crippen molar-refractivity contribution in [1.82, 2.24) is 10.3 Å². The molecule has 0 spiro atoms. The number of para-hydroxylation sites is 1. The molecule has 0 amide bonds. The predicted octanol–water partition coefficient (Wildman–Crippen LogP) is 3.65. The van der Waals surface area contributed by atoms with Crippen molar-refractivity contribution in [1.29, 1.82) is 0 Å². The maximum Gasteiger partial charge on any atom is 0.195 e. The number of hydrogen-bond acceptors (Lipinski definition) is 5. The van der Waals surface area contributed by atoms with Crippen LogP contribution in [-0.2, 0) is 6.54 Å². The van der Waals surface area contributed by atoms with Crippen LogP contribution in [0.15, 0.2) is 53.5 Å². The number of nitrogens with zero attached hydrogens (tertiary/aromatic N) is 3. The number of anilines is 2.